The number of likely N-dealkylation sites (N-methyl/N-ethyl adjacent to an activating group) is 1. The number of hydrogen-bond acceptors (Lipinski definition) is 7. The van der Waals surface area contributed by atoms with Gasteiger partial charge in [0.1, 0.15) is 17.5 Å². The summed E-state index contributed by atoms with van der Waals surface area (Å²) in [6, 6.07) is 5.80. The van der Waals surface area contributed by atoms with E-state index >= 15 is 0 Å². The summed E-state index contributed by atoms with van der Waals surface area (Å²) in [5.41, 5.74) is 0.838. The number of methoxy groups -OCH3 is 2. The van der Waals surface area contributed by atoms with E-state index in [1.807, 2.05) is 22.9 Å². The average Bonchev–Trinajstić information content (AvgIpc) is 3.20. The lowest BCUT2D eigenvalue weighted by atomic mass is 9.98. The molecule has 1 saturated heterocycles. The van der Waals surface area contributed by atoms with Gasteiger partial charge in [-0.25, -0.2) is 4.68 Å². The van der Waals surface area contributed by atoms with E-state index in [1.165, 1.54) is 0 Å². The fraction of sp³-hybridized carbons (Fsp3) is 0.650. The van der Waals surface area contributed by atoms with Gasteiger partial charge in [0.2, 0.25) is 0 Å². The smallest absolute Gasteiger partial charge is 0.173 e. The van der Waals surface area contributed by atoms with Crippen LogP contribution in [0.3, 0.4) is 0 Å². The van der Waals surface area contributed by atoms with Crippen molar-refractivity contribution in [1.82, 2.24) is 30.0 Å². The minimum Gasteiger partial charge on any atom is -0.497 e. The van der Waals surface area contributed by atoms with Gasteiger partial charge in [-0.2, -0.15) is 0 Å². The molecule has 154 valence electrons. The van der Waals surface area contributed by atoms with E-state index in [4.69, 9.17) is 9.47 Å². The number of nitrogens with zero attached hydrogens (tertiary/aromatic N) is 6. The van der Waals surface area contributed by atoms with Crippen LogP contribution in [0.4, 0.5) is 0 Å². The summed E-state index contributed by atoms with van der Waals surface area (Å²) in [6.07, 6.45) is 0.926. The molecule has 2 heterocycles. The van der Waals surface area contributed by atoms with Gasteiger partial charge in [0.15, 0.2) is 5.82 Å². The van der Waals surface area contributed by atoms with Gasteiger partial charge in [-0.3, -0.25) is 4.90 Å². The van der Waals surface area contributed by atoms with Crippen molar-refractivity contribution in [1.29, 1.82) is 0 Å². The molecule has 0 aliphatic carbocycles. The first-order valence-electron chi connectivity index (χ1n) is 9.84. The maximum absolute atomic E-state index is 5.72. The van der Waals surface area contributed by atoms with Crippen LogP contribution in [0.1, 0.15) is 44.6 Å². The van der Waals surface area contributed by atoms with E-state index in [9.17, 15) is 0 Å². The third-order valence-electron chi connectivity index (χ3n) is 5.81. The van der Waals surface area contributed by atoms with Crippen molar-refractivity contribution < 1.29 is 9.47 Å². The molecule has 1 aromatic heterocycles. The Kier molecular flexibility index (Phi) is 6.20. The number of tetrazole rings is 1. The van der Waals surface area contributed by atoms with Gasteiger partial charge in [-0.1, -0.05) is 6.92 Å². The lowest BCUT2D eigenvalue weighted by Gasteiger charge is -2.39. The van der Waals surface area contributed by atoms with Crippen molar-refractivity contribution >= 4 is 0 Å². The van der Waals surface area contributed by atoms with Crippen molar-refractivity contribution in [3.05, 3.63) is 29.6 Å². The van der Waals surface area contributed by atoms with Gasteiger partial charge in [0.25, 0.3) is 0 Å². The second-order valence-corrected chi connectivity index (χ2v) is 7.96. The molecule has 0 amide bonds. The lowest BCUT2D eigenvalue weighted by Crippen LogP contribution is -2.47. The Morgan fingerprint density at radius 3 is 2.43 bits per heavy atom. The van der Waals surface area contributed by atoms with Crippen LogP contribution in [-0.2, 0) is 5.54 Å². The van der Waals surface area contributed by atoms with E-state index in [-0.39, 0.29) is 11.6 Å². The first-order chi connectivity index (χ1) is 13.4. The van der Waals surface area contributed by atoms with Crippen molar-refractivity contribution in [3.63, 3.8) is 0 Å². The highest BCUT2D eigenvalue weighted by Gasteiger charge is 2.35. The van der Waals surface area contributed by atoms with Crippen LogP contribution < -0.4 is 9.47 Å². The molecular formula is C20H32N6O2. The Morgan fingerprint density at radius 2 is 1.82 bits per heavy atom. The third kappa shape index (κ3) is 3.98. The zero-order valence-electron chi connectivity index (χ0n) is 17.8. The second kappa shape index (κ2) is 8.45. The molecule has 1 aromatic carbocycles. The summed E-state index contributed by atoms with van der Waals surface area (Å²) in [5, 5.41) is 12.9. The molecule has 0 unspecified atom stereocenters. The molecule has 3 rings (SSSR count). The van der Waals surface area contributed by atoms with Crippen molar-refractivity contribution in [2.75, 3.05) is 47.4 Å². The third-order valence-corrected chi connectivity index (χ3v) is 5.81. The number of ether oxygens (including phenoxy) is 2. The maximum atomic E-state index is 5.72. The average molecular weight is 389 g/mol. The van der Waals surface area contributed by atoms with Gasteiger partial charge in [0.05, 0.1) is 19.8 Å². The second-order valence-electron chi connectivity index (χ2n) is 7.96. The summed E-state index contributed by atoms with van der Waals surface area (Å²) >= 11 is 0. The fourth-order valence-corrected chi connectivity index (χ4v) is 3.58. The van der Waals surface area contributed by atoms with Crippen LogP contribution in [0.5, 0.6) is 11.5 Å². The van der Waals surface area contributed by atoms with Gasteiger partial charge >= 0.3 is 0 Å². The molecule has 1 fully saturated rings. The number of hydrogen-bond donors (Lipinski definition) is 0. The predicted octanol–water partition coefficient (Wildman–Crippen LogP) is 2.17. The number of piperazine rings is 1. The van der Waals surface area contributed by atoms with Crippen LogP contribution in [0, 0.1) is 0 Å². The summed E-state index contributed by atoms with van der Waals surface area (Å²) in [6.45, 7) is 10.3. The van der Waals surface area contributed by atoms with Crippen molar-refractivity contribution in [2.45, 2.75) is 38.8 Å². The van der Waals surface area contributed by atoms with Crippen LogP contribution in [0.15, 0.2) is 18.2 Å². The van der Waals surface area contributed by atoms with Crippen LogP contribution in [0.25, 0.3) is 0 Å². The Bertz CT molecular complexity index is 783. The molecule has 0 N–H and O–H groups in total. The van der Waals surface area contributed by atoms with E-state index in [0.717, 1.165) is 55.5 Å². The maximum Gasteiger partial charge on any atom is 0.173 e. The zero-order chi connectivity index (χ0) is 20.3. The van der Waals surface area contributed by atoms with Gasteiger partial charge in [0, 0.05) is 31.7 Å². The molecule has 1 aliphatic rings. The Morgan fingerprint density at radius 1 is 1.11 bits per heavy atom. The van der Waals surface area contributed by atoms with E-state index < -0.39 is 0 Å². The molecule has 1 atom stereocenters. The summed E-state index contributed by atoms with van der Waals surface area (Å²) in [4.78, 5) is 4.78. The monoisotopic (exact) mass is 388 g/mol. The normalized spacial score (nSPS) is 17.5. The molecule has 2 aromatic rings. The molecule has 28 heavy (non-hydrogen) atoms. The molecule has 0 radical (unpaired) electrons. The largest absolute Gasteiger partial charge is 0.497 e. The lowest BCUT2D eigenvalue weighted by molar-refractivity contribution is 0.116. The van der Waals surface area contributed by atoms with Crippen LogP contribution in [-0.4, -0.2) is 77.5 Å². The van der Waals surface area contributed by atoms with E-state index in [2.05, 4.69) is 53.1 Å². The quantitative estimate of drug-likeness (QED) is 0.720. The predicted molar refractivity (Wildman–Crippen MR) is 108 cm³/mol. The highest BCUT2D eigenvalue weighted by molar-refractivity contribution is 5.44. The summed E-state index contributed by atoms with van der Waals surface area (Å²) < 4.78 is 13.2. The Hall–Kier alpha value is -2.19. The first-order valence-corrected chi connectivity index (χ1v) is 9.84. The highest BCUT2D eigenvalue weighted by Crippen LogP contribution is 2.38. The van der Waals surface area contributed by atoms with Gasteiger partial charge in [-0.15, -0.1) is 5.10 Å². The number of aromatic nitrogens is 4. The SMILES string of the molecule is CCC(C)(C)n1nnnc1[C@H](c1cc(OC)ccc1OC)N1CCN(C)CC1. The van der Waals surface area contributed by atoms with Crippen molar-refractivity contribution in [3.8, 4) is 11.5 Å². The molecule has 8 heteroatoms. The van der Waals surface area contributed by atoms with Crippen molar-refractivity contribution in [2.24, 2.45) is 0 Å². The van der Waals surface area contributed by atoms with Gasteiger partial charge in [-0.05, 0) is 55.9 Å². The van der Waals surface area contributed by atoms with Gasteiger partial charge < -0.3 is 14.4 Å². The summed E-state index contributed by atoms with van der Waals surface area (Å²) in [7, 11) is 5.54. The molecular weight excluding hydrogens is 356 g/mol. The van der Waals surface area contributed by atoms with E-state index in [1.54, 1.807) is 14.2 Å². The number of benzene rings is 1. The first kappa shape index (κ1) is 20.5. The molecule has 8 nitrogen and oxygen atoms in total. The molecule has 0 spiro atoms. The van der Waals surface area contributed by atoms with Crippen LogP contribution >= 0.6 is 0 Å². The Balaban J connectivity index is 2.14. The topological polar surface area (TPSA) is 68.5 Å². The highest BCUT2D eigenvalue weighted by atomic mass is 16.5. The van der Waals surface area contributed by atoms with E-state index in [0.29, 0.717) is 0 Å². The summed E-state index contributed by atoms with van der Waals surface area (Å²) in [5.74, 6) is 2.44. The molecule has 0 saturated carbocycles. The fourth-order valence-electron chi connectivity index (χ4n) is 3.58. The number of rotatable bonds is 7. The Labute approximate surface area is 167 Å². The zero-order valence-corrected chi connectivity index (χ0v) is 17.8. The molecule has 0 bridgehead atoms. The molecule has 1 aliphatic heterocycles. The van der Waals surface area contributed by atoms with Crippen LogP contribution in [0.2, 0.25) is 0 Å². The minimum atomic E-state index is -0.185. The minimum absolute atomic E-state index is 0.112. The standard InChI is InChI=1S/C20H32N6O2/c1-7-20(2,3)26-19(21-22-23-26)18(25-12-10-24(4)11-13-25)16-14-15(27-5)8-9-17(16)28-6/h8-9,14,18H,7,10-13H2,1-6H3/t18-/m0/s1.